The van der Waals surface area contributed by atoms with Gasteiger partial charge in [0.2, 0.25) is 0 Å². The highest BCUT2D eigenvalue weighted by atomic mass is 29.1. The minimum atomic E-state index is -0.409. The predicted octanol–water partition coefficient (Wildman–Crippen LogP) is 0.180. The fourth-order valence-electron chi connectivity index (χ4n) is 2.33. The molecule has 0 bridgehead atoms. The van der Waals surface area contributed by atoms with Gasteiger partial charge in [-0.15, -0.1) is 0 Å². The van der Waals surface area contributed by atoms with Gasteiger partial charge in [0.05, 0.1) is 27.1 Å². The molecule has 0 aliphatic carbocycles. The molecule has 0 unspecified atom stereocenters. The van der Waals surface area contributed by atoms with Crippen LogP contribution in [0.3, 0.4) is 0 Å². The first-order valence-corrected chi connectivity index (χ1v) is 16.6. The summed E-state index contributed by atoms with van der Waals surface area (Å²) in [5.41, 5.74) is 0. The zero-order valence-electron chi connectivity index (χ0n) is 10.1. The minimum absolute atomic E-state index is 0.285. The van der Waals surface area contributed by atoms with Gasteiger partial charge < -0.3 is 3.90 Å². The van der Waals surface area contributed by atoms with Crippen LogP contribution in [-0.2, 0) is 0 Å². The van der Waals surface area contributed by atoms with E-state index in [0.717, 1.165) is 0 Å². The summed E-state index contributed by atoms with van der Waals surface area (Å²) in [6, 6.07) is 6.09. The fourth-order valence-corrected chi connectivity index (χ4v) is 26.8. The molecule has 80 valence electrons. The van der Waals surface area contributed by atoms with E-state index in [1.165, 1.54) is 33.9 Å². The molecular weight excluding hydrogens is 222 g/mol. The van der Waals surface area contributed by atoms with Crippen molar-refractivity contribution in [2.24, 2.45) is 0 Å². The normalized spacial score (nSPS) is 13.2. The maximum Gasteiger partial charge on any atom is 0.0966 e. The first-order valence-electron chi connectivity index (χ1n) is 6.00. The van der Waals surface area contributed by atoms with Crippen LogP contribution in [0.1, 0.15) is 27.7 Å². The lowest BCUT2D eigenvalue weighted by Crippen LogP contribution is -2.50. The van der Waals surface area contributed by atoms with Gasteiger partial charge in [0.1, 0.15) is 0 Å². The first kappa shape index (κ1) is 13.8. The maximum absolute atomic E-state index is 3.16. The average molecular weight is 250 g/mol. The van der Waals surface area contributed by atoms with Gasteiger partial charge in [-0.1, -0.05) is 51.9 Å². The third kappa shape index (κ3) is 4.24. The van der Waals surface area contributed by atoms with Gasteiger partial charge in [-0.2, -0.15) is 0 Å². The van der Waals surface area contributed by atoms with Crippen molar-refractivity contribution in [3.63, 3.8) is 0 Å². The van der Waals surface area contributed by atoms with Crippen molar-refractivity contribution < 1.29 is 0 Å². The number of rotatable bonds is 7. The molecule has 0 amide bonds. The van der Waals surface area contributed by atoms with Crippen molar-refractivity contribution in [1.82, 2.24) is 3.90 Å². The van der Waals surface area contributed by atoms with Crippen LogP contribution in [-0.4, -0.2) is 40.8 Å². The molecular formula is C8H27NSi4. The third-order valence-corrected chi connectivity index (χ3v) is 24.0. The van der Waals surface area contributed by atoms with E-state index < -0.39 is 17.9 Å². The molecule has 0 rings (SSSR count). The average Bonchev–Trinajstić information content (AvgIpc) is 2.18. The zero-order valence-corrected chi connectivity index (χ0v) is 15.9. The molecule has 0 spiro atoms. The molecule has 0 saturated carbocycles. The number of hydrogen-bond donors (Lipinski definition) is 0. The third-order valence-electron chi connectivity index (χ3n) is 3.19. The SMILES string of the molecule is CC[SiH](CC)N([SiH2][SiH3])[SiH](CC)CC. The van der Waals surface area contributed by atoms with Gasteiger partial charge in [0.15, 0.2) is 0 Å². The molecule has 13 heavy (non-hydrogen) atoms. The van der Waals surface area contributed by atoms with Crippen LogP contribution in [0.2, 0.25) is 24.2 Å². The highest BCUT2D eigenvalue weighted by Crippen LogP contribution is 2.11. The molecule has 0 aliphatic rings. The van der Waals surface area contributed by atoms with Crippen LogP contribution in [0.25, 0.3) is 0 Å². The second kappa shape index (κ2) is 8.16. The molecule has 0 radical (unpaired) electrons. The Morgan fingerprint density at radius 2 is 1.23 bits per heavy atom. The Morgan fingerprint density at radius 1 is 0.923 bits per heavy atom. The standard InChI is InChI=1S/C8H27NSi4/c1-5-12(6-2)9(11-10)13(7-3)8-4/h12-13H,5-8,11H2,1-4,10H3. The van der Waals surface area contributed by atoms with E-state index in [4.69, 9.17) is 0 Å². The van der Waals surface area contributed by atoms with Crippen molar-refractivity contribution in [1.29, 1.82) is 0 Å². The van der Waals surface area contributed by atoms with Crippen LogP contribution in [0.15, 0.2) is 0 Å². The van der Waals surface area contributed by atoms with Gasteiger partial charge in [-0.3, -0.25) is 0 Å². The topological polar surface area (TPSA) is 3.24 Å². The molecule has 0 aliphatic heterocycles. The van der Waals surface area contributed by atoms with E-state index in [9.17, 15) is 0 Å². The predicted molar refractivity (Wildman–Crippen MR) is 76.5 cm³/mol. The molecule has 0 fully saturated rings. The molecule has 0 N–H and O–H groups in total. The van der Waals surface area contributed by atoms with E-state index in [-0.39, 0.29) is 9.20 Å². The maximum atomic E-state index is 3.16. The van der Waals surface area contributed by atoms with E-state index in [2.05, 4.69) is 31.6 Å². The van der Waals surface area contributed by atoms with Gasteiger partial charge in [-0.25, -0.2) is 0 Å². The molecule has 0 heterocycles. The first-order chi connectivity index (χ1) is 6.24. The van der Waals surface area contributed by atoms with Crippen molar-refractivity contribution in [3.05, 3.63) is 0 Å². The summed E-state index contributed by atoms with van der Waals surface area (Å²) in [6.45, 7) is 9.71. The lowest BCUT2D eigenvalue weighted by Gasteiger charge is -2.35. The molecule has 0 saturated heterocycles. The van der Waals surface area contributed by atoms with Crippen LogP contribution in [0, 0.1) is 0 Å². The molecule has 0 aromatic heterocycles. The summed E-state index contributed by atoms with van der Waals surface area (Å²) in [4.78, 5) is 0. The smallest absolute Gasteiger partial charge is 0.0966 e. The van der Waals surface area contributed by atoms with Crippen LogP contribution in [0.4, 0.5) is 0 Å². The van der Waals surface area contributed by atoms with Gasteiger partial charge in [0.25, 0.3) is 0 Å². The van der Waals surface area contributed by atoms with Crippen molar-refractivity contribution in [2.75, 3.05) is 0 Å². The van der Waals surface area contributed by atoms with Crippen LogP contribution < -0.4 is 0 Å². The number of hydrogen-bond acceptors (Lipinski definition) is 1. The van der Waals surface area contributed by atoms with Gasteiger partial charge >= 0.3 is 0 Å². The van der Waals surface area contributed by atoms with Crippen molar-refractivity contribution in [3.8, 4) is 0 Å². The van der Waals surface area contributed by atoms with E-state index in [1.54, 1.807) is 0 Å². The Balaban J connectivity index is 4.26. The summed E-state index contributed by atoms with van der Waals surface area (Å²) >= 11 is 0. The summed E-state index contributed by atoms with van der Waals surface area (Å²) in [7, 11) is 0.988. The molecule has 1 nitrogen and oxygen atoms in total. The zero-order chi connectivity index (χ0) is 10.3. The van der Waals surface area contributed by atoms with Crippen molar-refractivity contribution >= 4 is 36.9 Å². The van der Waals surface area contributed by atoms with Crippen LogP contribution >= 0.6 is 0 Å². The summed E-state index contributed by atoms with van der Waals surface area (Å²) in [5, 5.41) is 0. The highest BCUT2D eigenvalue weighted by molar-refractivity contribution is 6.99. The number of nitrogens with zero attached hydrogens (tertiary/aromatic N) is 1. The Labute approximate surface area is 92.8 Å². The molecule has 0 aromatic rings. The summed E-state index contributed by atoms with van der Waals surface area (Å²) < 4.78 is 3.16. The van der Waals surface area contributed by atoms with E-state index >= 15 is 0 Å². The summed E-state index contributed by atoms with van der Waals surface area (Å²) in [6.07, 6.45) is 0. The van der Waals surface area contributed by atoms with Gasteiger partial charge in [0, 0.05) is 9.76 Å². The Bertz CT molecular complexity index is 103. The lowest BCUT2D eigenvalue weighted by molar-refractivity contribution is 0.952. The molecule has 0 atom stereocenters. The van der Waals surface area contributed by atoms with E-state index in [1.807, 2.05) is 0 Å². The minimum Gasteiger partial charge on any atom is -0.380 e. The quantitative estimate of drug-likeness (QED) is 0.582. The summed E-state index contributed by atoms with van der Waals surface area (Å²) in [5.74, 6) is 0. The highest BCUT2D eigenvalue weighted by Gasteiger charge is 2.21. The Morgan fingerprint density at radius 3 is 1.38 bits per heavy atom. The molecule has 5 heteroatoms. The van der Waals surface area contributed by atoms with E-state index in [0.29, 0.717) is 0 Å². The Hall–Kier alpha value is 0.828. The molecule has 0 aromatic carbocycles. The largest absolute Gasteiger partial charge is 0.380 e. The second-order valence-corrected chi connectivity index (χ2v) is 16.3. The van der Waals surface area contributed by atoms with Gasteiger partial charge in [-0.05, 0) is 0 Å². The monoisotopic (exact) mass is 249 g/mol. The Kier molecular flexibility index (Phi) is 8.68. The van der Waals surface area contributed by atoms with Crippen molar-refractivity contribution in [2.45, 2.75) is 51.9 Å². The second-order valence-electron chi connectivity index (χ2n) is 3.77. The lowest BCUT2D eigenvalue weighted by atomic mass is 10.9. The van der Waals surface area contributed by atoms with Crippen LogP contribution in [0.5, 0.6) is 0 Å². The fraction of sp³-hybridized carbons (Fsp3) is 1.00.